The number of amides is 2. The quantitative estimate of drug-likeness (QED) is 0.266. The van der Waals surface area contributed by atoms with E-state index in [1.165, 1.54) is 23.1 Å². The molecule has 9 heteroatoms. The van der Waals surface area contributed by atoms with Gasteiger partial charge in [0.2, 0.25) is 0 Å². The zero-order chi connectivity index (χ0) is 26.3. The van der Waals surface area contributed by atoms with Gasteiger partial charge in [0.05, 0.1) is 16.3 Å². The number of carboxylic acids is 1. The number of benzene rings is 2. The van der Waals surface area contributed by atoms with Gasteiger partial charge in [0.25, 0.3) is 11.8 Å². The lowest BCUT2D eigenvalue weighted by molar-refractivity contribution is -0.122. The van der Waals surface area contributed by atoms with Crippen LogP contribution in [0.2, 0.25) is 5.02 Å². The molecule has 0 radical (unpaired) electrons. The molecule has 1 fully saturated rings. The summed E-state index contributed by atoms with van der Waals surface area (Å²) < 4.78 is 1.84. The van der Waals surface area contributed by atoms with Crippen molar-refractivity contribution in [1.82, 2.24) is 9.88 Å². The smallest absolute Gasteiger partial charge is 0.337 e. The largest absolute Gasteiger partial charge is 0.478 e. The summed E-state index contributed by atoms with van der Waals surface area (Å²) in [6, 6.07) is 14.0. The van der Waals surface area contributed by atoms with Crippen LogP contribution in [0, 0.1) is 13.8 Å². The Morgan fingerprint density at radius 1 is 1.06 bits per heavy atom. The highest BCUT2D eigenvalue weighted by atomic mass is 35.5. The molecule has 4 rings (SSSR count). The first-order chi connectivity index (χ1) is 17.0. The van der Waals surface area contributed by atoms with E-state index in [2.05, 4.69) is 19.2 Å². The summed E-state index contributed by atoms with van der Waals surface area (Å²) in [4.78, 5) is 39.0. The van der Waals surface area contributed by atoms with Crippen molar-refractivity contribution in [2.45, 2.75) is 33.6 Å². The number of halogens is 1. The normalized spacial score (nSPS) is 15.1. The molecule has 3 aromatic rings. The summed E-state index contributed by atoms with van der Waals surface area (Å²) in [7, 11) is 0. The van der Waals surface area contributed by atoms with Gasteiger partial charge in [-0.25, -0.2) is 4.79 Å². The third kappa shape index (κ3) is 4.57. The van der Waals surface area contributed by atoms with Crippen molar-refractivity contribution >= 4 is 58.5 Å². The molecule has 2 heterocycles. The summed E-state index contributed by atoms with van der Waals surface area (Å²) in [5.74, 6) is -1.90. The molecule has 0 atom stereocenters. The predicted octanol–water partition coefficient (Wildman–Crippen LogP) is 5.40. The number of carboxylic acid groups (broad SMARTS) is 1. The van der Waals surface area contributed by atoms with Gasteiger partial charge < -0.3 is 9.67 Å². The van der Waals surface area contributed by atoms with Gasteiger partial charge in [0.15, 0.2) is 5.11 Å². The number of anilines is 1. The van der Waals surface area contributed by atoms with Crippen LogP contribution in [0.15, 0.2) is 54.1 Å². The maximum Gasteiger partial charge on any atom is 0.337 e. The molecule has 0 bridgehead atoms. The Morgan fingerprint density at radius 3 is 2.31 bits per heavy atom. The second-order valence-corrected chi connectivity index (χ2v) is 9.63. The average Bonchev–Trinajstić information content (AvgIpc) is 3.09. The summed E-state index contributed by atoms with van der Waals surface area (Å²) in [5, 5.41) is 12.2. The maximum atomic E-state index is 13.4. The van der Waals surface area contributed by atoms with Crippen LogP contribution in [0.3, 0.4) is 0 Å². The number of carbonyl (C=O) groups excluding carboxylic acids is 2. The fourth-order valence-electron chi connectivity index (χ4n) is 4.20. The van der Waals surface area contributed by atoms with Crippen molar-refractivity contribution in [2.75, 3.05) is 4.90 Å². The minimum absolute atomic E-state index is 0.0175. The molecule has 184 valence electrons. The minimum Gasteiger partial charge on any atom is -0.478 e. The lowest BCUT2D eigenvalue weighted by Gasteiger charge is -2.29. The van der Waals surface area contributed by atoms with E-state index in [1.807, 2.05) is 36.6 Å². The van der Waals surface area contributed by atoms with Crippen LogP contribution in [-0.4, -0.2) is 32.6 Å². The topological polar surface area (TPSA) is 91.6 Å². The van der Waals surface area contributed by atoms with Crippen molar-refractivity contribution in [3.63, 3.8) is 0 Å². The molecule has 2 aromatic carbocycles. The molecule has 2 amide bonds. The van der Waals surface area contributed by atoms with Crippen molar-refractivity contribution in [2.24, 2.45) is 0 Å². The standard InChI is InChI=1S/C27H24ClN3O4S/c1-14(2)17-5-7-19(8-6-17)31-25(33)22(24(32)29-27(31)36)12-18-11-15(3)30(16(18)4)20-9-10-23(28)21(13-20)26(34)35/h5-14H,1-4H3,(H,34,35)(H,29,32,36)/b22-12+. The Labute approximate surface area is 219 Å². The second-order valence-electron chi connectivity index (χ2n) is 8.84. The van der Waals surface area contributed by atoms with Crippen LogP contribution in [0.4, 0.5) is 5.69 Å². The van der Waals surface area contributed by atoms with Gasteiger partial charge in [0.1, 0.15) is 5.57 Å². The van der Waals surface area contributed by atoms with E-state index < -0.39 is 17.8 Å². The Morgan fingerprint density at radius 2 is 1.69 bits per heavy atom. The zero-order valence-corrected chi connectivity index (χ0v) is 21.7. The molecule has 36 heavy (non-hydrogen) atoms. The summed E-state index contributed by atoms with van der Waals surface area (Å²) >= 11 is 11.3. The number of thiocarbonyl (C=S) groups is 1. The number of hydrogen-bond donors (Lipinski definition) is 2. The first-order valence-electron chi connectivity index (χ1n) is 11.2. The molecule has 0 aliphatic carbocycles. The molecular formula is C27H24ClN3O4S. The predicted molar refractivity (Wildman–Crippen MR) is 144 cm³/mol. The second kappa shape index (κ2) is 9.72. The SMILES string of the molecule is Cc1cc(/C=C2\C(=O)NC(=S)N(c3ccc(C(C)C)cc3)C2=O)c(C)n1-c1ccc(Cl)c(C(=O)O)c1. The van der Waals surface area contributed by atoms with Gasteiger partial charge in [-0.2, -0.15) is 0 Å². The highest BCUT2D eigenvalue weighted by Gasteiger charge is 2.34. The number of aromatic carboxylic acids is 1. The number of carbonyl (C=O) groups is 3. The third-order valence-corrected chi connectivity index (χ3v) is 6.74. The van der Waals surface area contributed by atoms with Gasteiger partial charge in [0, 0.05) is 17.1 Å². The van der Waals surface area contributed by atoms with E-state index in [0.29, 0.717) is 22.9 Å². The monoisotopic (exact) mass is 521 g/mol. The number of rotatable bonds is 5. The molecule has 1 aliphatic rings. The van der Waals surface area contributed by atoms with Gasteiger partial charge in [-0.05, 0) is 85.6 Å². The van der Waals surface area contributed by atoms with E-state index in [9.17, 15) is 19.5 Å². The molecule has 1 aliphatic heterocycles. The number of hydrogen-bond acceptors (Lipinski definition) is 4. The van der Waals surface area contributed by atoms with Crippen LogP contribution >= 0.6 is 23.8 Å². The fraction of sp³-hybridized carbons (Fsp3) is 0.185. The Kier molecular flexibility index (Phi) is 6.84. The number of nitrogens with one attached hydrogen (secondary N) is 1. The fourth-order valence-corrected chi connectivity index (χ4v) is 4.68. The highest BCUT2D eigenvalue weighted by molar-refractivity contribution is 7.80. The van der Waals surface area contributed by atoms with Crippen molar-refractivity contribution in [3.8, 4) is 5.69 Å². The van der Waals surface area contributed by atoms with Crippen molar-refractivity contribution in [1.29, 1.82) is 0 Å². The summed E-state index contributed by atoms with van der Waals surface area (Å²) in [6.07, 6.45) is 1.53. The Bertz CT molecular complexity index is 1450. The first kappa shape index (κ1) is 25.3. The lowest BCUT2D eigenvalue weighted by atomic mass is 10.0. The lowest BCUT2D eigenvalue weighted by Crippen LogP contribution is -2.54. The Hall–Kier alpha value is -3.75. The van der Waals surface area contributed by atoms with E-state index >= 15 is 0 Å². The number of aromatic nitrogens is 1. The first-order valence-corrected chi connectivity index (χ1v) is 12.0. The van der Waals surface area contributed by atoms with Crippen molar-refractivity contribution in [3.05, 3.63) is 87.2 Å². The summed E-state index contributed by atoms with van der Waals surface area (Å²) in [6.45, 7) is 7.84. The molecule has 0 saturated carbocycles. The number of nitrogens with zero attached hydrogens (tertiary/aromatic N) is 2. The average molecular weight is 522 g/mol. The van der Waals surface area contributed by atoms with Crippen LogP contribution in [0.25, 0.3) is 11.8 Å². The van der Waals surface area contributed by atoms with Gasteiger partial charge in [-0.1, -0.05) is 37.6 Å². The van der Waals surface area contributed by atoms with Gasteiger partial charge in [-0.3, -0.25) is 19.8 Å². The number of aryl methyl sites for hydroxylation is 1. The van der Waals surface area contributed by atoms with Crippen LogP contribution < -0.4 is 10.2 Å². The highest BCUT2D eigenvalue weighted by Crippen LogP contribution is 2.28. The van der Waals surface area contributed by atoms with Crippen LogP contribution in [-0.2, 0) is 9.59 Å². The molecular weight excluding hydrogens is 498 g/mol. The van der Waals surface area contributed by atoms with E-state index in [4.69, 9.17) is 23.8 Å². The molecule has 7 nitrogen and oxygen atoms in total. The van der Waals surface area contributed by atoms with E-state index in [0.717, 1.165) is 17.0 Å². The van der Waals surface area contributed by atoms with Crippen molar-refractivity contribution < 1.29 is 19.5 Å². The molecule has 0 unspecified atom stereocenters. The van der Waals surface area contributed by atoms with E-state index in [1.54, 1.807) is 18.2 Å². The maximum absolute atomic E-state index is 13.4. The van der Waals surface area contributed by atoms with Gasteiger partial charge >= 0.3 is 5.97 Å². The van der Waals surface area contributed by atoms with Crippen LogP contribution in [0.1, 0.15) is 52.6 Å². The van der Waals surface area contributed by atoms with Gasteiger partial charge in [-0.15, -0.1) is 0 Å². The third-order valence-electron chi connectivity index (χ3n) is 6.13. The minimum atomic E-state index is -1.13. The Balaban J connectivity index is 1.74. The molecule has 0 spiro atoms. The molecule has 1 saturated heterocycles. The zero-order valence-electron chi connectivity index (χ0n) is 20.1. The van der Waals surface area contributed by atoms with E-state index in [-0.39, 0.29) is 21.3 Å². The van der Waals surface area contributed by atoms with Crippen LogP contribution in [0.5, 0.6) is 0 Å². The molecule has 1 aromatic heterocycles. The molecule has 2 N–H and O–H groups in total. The summed E-state index contributed by atoms with van der Waals surface area (Å²) in [5.41, 5.74) is 4.36.